The Kier molecular flexibility index (Phi) is 4.19. The lowest BCUT2D eigenvalue weighted by molar-refractivity contribution is -0.117. The van der Waals surface area contributed by atoms with Crippen LogP contribution in [-0.4, -0.2) is 28.3 Å². The van der Waals surface area contributed by atoms with Crippen LogP contribution in [0.3, 0.4) is 0 Å². The maximum absolute atomic E-state index is 12.2. The van der Waals surface area contributed by atoms with E-state index < -0.39 is 0 Å². The number of anilines is 1. The number of halogens is 1. The number of hydrogen-bond acceptors (Lipinski definition) is 5. The molecule has 1 saturated heterocycles. The summed E-state index contributed by atoms with van der Waals surface area (Å²) in [6, 6.07) is 5.74. The van der Waals surface area contributed by atoms with Gasteiger partial charge in [-0.15, -0.1) is 11.3 Å². The molecule has 4 nitrogen and oxygen atoms in total. The molecule has 1 aliphatic rings. The Bertz CT molecular complexity index is 716. The molecule has 0 radical (unpaired) electrons. The lowest BCUT2D eigenvalue weighted by Crippen LogP contribution is -2.24. The van der Waals surface area contributed by atoms with E-state index in [0.717, 1.165) is 15.9 Å². The number of carbonyl (C=O) groups excluding carboxylic acids is 2. The highest BCUT2D eigenvalue weighted by Gasteiger charge is 2.30. The van der Waals surface area contributed by atoms with Gasteiger partial charge in [0.1, 0.15) is 0 Å². The van der Waals surface area contributed by atoms with E-state index in [-0.39, 0.29) is 16.9 Å². The van der Waals surface area contributed by atoms with Crippen LogP contribution >= 0.6 is 34.7 Å². The zero-order valence-electron chi connectivity index (χ0n) is 11.3. The summed E-state index contributed by atoms with van der Waals surface area (Å²) < 4.78 is 1.48. The number of thiazole rings is 1. The van der Waals surface area contributed by atoms with Crippen LogP contribution in [0.15, 0.2) is 18.2 Å². The molecule has 3 rings (SSSR count). The Labute approximate surface area is 135 Å². The fourth-order valence-corrected chi connectivity index (χ4v) is 4.19. The topological polar surface area (TPSA) is 50.3 Å². The van der Waals surface area contributed by atoms with Gasteiger partial charge in [0, 0.05) is 31.3 Å². The van der Waals surface area contributed by atoms with Crippen LogP contribution in [0.1, 0.15) is 13.3 Å². The molecule has 1 amide bonds. The van der Waals surface area contributed by atoms with Crippen LogP contribution in [0, 0.1) is 5.92 Å². The van der Waals surface area contributed by atoms with Gasteiger partial charge in [-0.1, -0.05) is 23.4 Å². The molecule has 2 heterocycles. The number of hydrogen-bond donors (Lipinski definition) is 0. The minimum Gasteiger partial charge on any atom is -0.312 e. The number of rotatable bonds is 3. The minimum atomic E-state index is 0.0987. The van der Waals surface area contributed by atoms with Crippen LogP contribution in [0.4, 0.5) is 5.69 Å². The highest BCUT2D eigenvalue weighted by Crippen LogP contribution is 2.32. The zero-order valence-corrected chi connectivity index (χ0v) is 13.7. The molecule has 1 aromatic heterocycles. The summed E-state index contributed by atoms with van der Waals surface area (Å²) >= 11 is 8.61. The van der Waals surface area contributed by atoms with Gasteiger partial charge in [0.15, 0.2) is 9.58 Å². The molecule has 2 aromatic rings. The van der Waals surface area contributed by atoms with Gasteiger partial charge in [-0.05, 0) is 24.1 Å². The summed E-state index contributed by atoms with van der Waals surface area (Å²) in [5.41, 5.74) is 1.73. The van der Waals surface area contributed by atoms with Crippen molar-refractivity contribution in [1.82, 2.24) is 4.98 Å². The maximum atomic E-state index is 12.2. The average molecular weight is 341 g/mol. The average Bonchev–Trinajstić information content (AvgIpc) is 2.97. The molecule has 1 unspecified atom stereocenters. The molecule has 1 aromatic carbocycles. The monoisotopic (exact) mass is 340 g/mol. The lowest BCUT2D eigenvalue weighted by Gasteiger charge is -2.16. The SMILES string of the molecule is CC(=O)SCC1CC(=O)N(c2ccc3nc(Cl)sc3c2)C1. The Morgan fingerprint density at radius 3 is 3.14 bits per heavy atom. The van der Waals surface area contributed by atoms with E-state index in [9.17, 15) is 9.59 Å². The van der Waals surface area contributed by atoms with Crippen molar-refractivity contribution in [1.29, 1.82) is 0 Å². The quantitative estimate of drug-likeness (QED) is 0.856. The van der Waals surface area contributed by atoms with Crippen LogP contribution in [0.2, 0.25) is 4.47 Å². The van der Waals surface area contributed by atoms with Gasteiger partial charge in [-0.2, -0.15) is 0 Å². The number of thioether (sulfide) groups is 1. The van der Waals surface area contributed by atoms with Crippen LogP contribution in [0.25, 0.3) is 10.2 Å². The number of carbonyl (C=O) groups is 2. The van der Waals surface area contributed by atoms with Gasteiger partial charge in [-0.25, -0.2) is 4.98 Å². The number of aromatic nitrogens is 1. The molecule has 0 spiro atoms. The normalized spacial score (nSPS) is 18.7. The Balaban J connectivity index is 1.78. The summed E-state index contributed by atoms with van der Waals surface area (Å²) in [4.78, 5) is 29.2. The summed E-state index contributed by atoms with van der Waals surface area (Å²) in [5.74, 6) is 1.04. The second-order valence-corrected chi connectivity index (χ2v) is 7.81. The summed E-state index contributed by atoms with van der Waals surface area (Å²) in [5, 5.41) is 0.0987. The highest BCUT2D eigenvalue weighted by molar-refractivity contribution is 8.13. The molecule has 1 aliphatic heterocycles. The fraction of sp³-hybridized carbons (Fsp3) is 0.357. The van der Waals surface area contributed by atoms with Gasteiger partial charge < -0.3 is 4.90 Å². The summed E-state index contributed by atoms with van der Waals surface area (Å²) in [6.45, 7) is 2.22. The minimum absolute atomic E-state index is 0.0987. The van der Waals surface area contributed by atoms with E-state index in [0.29, 0.717) is 23.2 Å². The third-order valence-corrected chi connectivity index (χ3v) is 5.55. The van der Waals surface area contributed by atoms with Gasteiger partial charge >= 0.3 is 0 Å². The van der Waals surface area contributed by atoms with E-state index in [1.807, 2.05) is 18.2 Å². The Hall–Kier alpha value is -1.11. The molecule has 0 N–H and O–H groups in total. The third-order valence-electron chi connectivity index (χ3n) is 3.39. The predicted octanol–water partition coefficient (Wildman–Crippen LogP) is 3.58. The van der Waals surface area contributed by atoms with Gasteiger partial charge in [0.25, 0.3) is 0 Å². The first-order chi connectivity index (χ1) is 10.0. The number of benzene rings is 1. The van der Waals surface area contributed by atoms with Gasteiger partial charge in [-0.3, -0.25) is 9.59 Å². The van der Waals surface area contributed by atoms with Crippen molar-refractivity contribution in [3.05, 3.63) is 22.7 Å². The second kappa shape index (κ2) is 5.94. The van der Waals surface area contributed by atoms with Crippen molar-refractivity contribution in [2.75, 3.05) is 17.2 Å². The molecule has 7 heteroatoms. The van der Waals surface area contributed by atoms with Crippen LogP contribution < -0.4 is 4.90 Å². The van der Waals surface area contributed by atoms with Crippen molar-refractivity contribution >= 4 is 61.6 Å². The molecule has 110 valence electrons. The molecule has 0 bridgehead atoms. The van der Waals surface area contributed by atoms with E-state index >= 15 is 0 Å². The molecular weight excluding hydrogens is 328 g/mol. The fourth-order valence-electron chi connectivity index (χ4n) is 2.43. The third kappa shape index (κ3) is 3.22. The standard InChI is InChI=1S/C14H13ClN2O2S2/c1-8(18)20-7-9-4-13(19)17(6-9)10-2-3-11-12(5-10)21-14(15)16-11/h2-3,5,9H,4,6-7H2,1H3. The van der Waals surface area contributed by atoms with Crippen molar-refractivity contribution in [2.45, 2.75) is 13.3 Å². The highest BCUT2D eigenvalue weighted by atomic mass is 35.5. The van der Waals surface area contributed by atoms with Crippen molar-refractivity contribution in [3.63, 3.8) is 0 Å². The van der Waals surface area contributed by atoms with E-state index in [1.54, 1.807) is 11.8 Å². The summed E-state index contributed by atoms with van der Waals surface area (Å²) in [7, 11) is 0. The van der Waals surface area contributed by atoms with Crippen LogP contribution in [-0.2, 0) is 9.59 Å². The van der Waals surface area contributed by atoms with E-state index in [4.69, 9.17) is 11.6 Å². The molecule has 1 fully saturated rings. The van der Waals surface area contributed by atoms with Gasteiger partial charge in [0.05, 0.1) is 10.2 Å². The maximum Gasteiger partial charge on any atom is 0.227 e. The lowest BCUT2D eigenvalue weighted by atomic mass is 10.1. The Morgan fingerprint density at radius 1 is 1.57 bits per heavy atom. The smallest absolute Gasteiger partial charge is 0.227 e. The van der Waals surface area contributed by atoms with Crippen molar-refractivity contribution in [2.24, 2.45) is 5.92 Å². The molecular formula is C14H13ClN2O2S2. The van der Waals surface area contributed by atoms with Gasteiger partial charge in [0.2, 0.25) is 5.91 Å². The predicted molar refractivity (Wildman–Crippen MR) is 88.2 cm³/mol. The van der Waals surface area contributed by atoms with Crippen molar-refractivity contribution in [3.8, 4) is 0 Å². The van der Waals surface area contributed by atoms with E-state index in [1.165, 1.54) is 23.1 Å². The number of fused-ring (bicyclic) bond motifs is 1. The van der Waals surface area contributed by atoms with E-state index in [2.05, 4.69) is 4.98 Å². The molecule has 21 heavy (non-hydrogen) atoms. The Morgan fingerprint density at radius 2 is 2.38 bits per heavy atom. The first-order valence-electron chi connectivity index (χ1n) is 6.53. The number of nitrogens with zero attached hydrogens (tertiary/aromatic N) is 2. The zero-order chi connectivity index (χ0) is 15.0. The first kappa shape index (κ1) is 14.8. The number of amides is 1. The second-order valence-electron chi connectivity index (χ2n) is 5.00. The largest absolute Gasteiger partial charge is 0.312 e. The molecule has 0 saturated carbocycles. The van der Waals surface area contributed by atoms with Crippen LogP contribution in [0.5, 0.6) is 0 Å². The van der Waals surface area contributed by atoms with Crippen molar-refractivity contribution < 1.29 is 9.59 Å². The summed E-state index contributed by atoms with van der Waals surface area (Å²) in [6.07, 6.45) is 0.502. The molecule has 0 aliphatic carbocycles. The first-order valence-corrected chi connectivity index (χ1v) is 8.71. The molecule has 1 atom stereocenters.